The van der Waals surface area contributed by atoms with Gasteiger partial charge in [0, 0.05) is 16.5 Å². The van der Waals surface area contributed by atoms with Gasteiger partial charge in [0.2, 0.25) is 0 Å². The van der Waals surface area contributed by atoms with Crippen LogP contribution >= 0.6 is 11.3 Å². The summed E-state index contributed by atoms with van der Waals surface area (Å²) in [5, 5.41) is 2.38. The molecule has 0 atom stereocenters. The van der Waals surface area contributed by atoms with Gasteiger partial charge in [-0.1, -0.05) is 29.8 Å². The smallest absolute Gasteiger partial charge is 0.289 e. The van der Waals surface area contributed by atoms with Gasteiger partial charge in [-0.15, -0.1) is 11.3 Å². The molecular formula is C22H23N3O4S. The first kappa shape index (κ1) is 21.3. The monoisotopic (exact) mass is 425 g/mol. The number of aromatic nitrogens is 1. The molecule has 0 aliphatic carbocycles. The maximum atomic E-state index is 12.4. The molecule has 8 heteroatoms. The molecule has 2 N–H and O–H groups in total. The maximum Gasteiger partial charge on any atom is 0.289 e. The van der Waals surface area contributed by atoms with Crippen LogP contribution in [0.25, 0.3) is 10.6 Å². The van der Waals surface area contributed by atoms with E-state index >= 15 is 0 Å². The predicted molar refractivity (Wildman–Crippen MR) is 116 cm³/mol. The lowest BCUT2D eigenvalue weighted by Crippen LogP contribution is -2.41. The Labute approximate surface area is 179 Å². The number of nitrogens with zero attached hydrogens (tertiary/aromatic N) is 1. The number of thiazole rings is 1. The number of amides is 2. The van der Waals surface area contributed by atoms with Gasteiger partial charge in [-0.2, -0.15) is 0 Å². The van der Waals surface area contributed by atoms with Crippen molar-refractivity contribution in [3.63, 3.8) is 0 Å². The number of hydrogen-bond donors (Lipinski definition) is 2. The number of carbonyl (C=O) groups excluding carboxylic acids is 2. The lowest BCUT2D eigenvalue weighted by Gasteiger charge is -2.14. The fourth-order valence-electron chi connectivity index (χ4n) is 2.62. The summed E-state index contributed by atoms with van der Waals surface area (Å²) in [6.07, 6.45) is -0.0271. The number of ether oxygens (including phenoxy) is 2. The van der Waals surface area contributed by atoms with Crippen LogP contribution in [0.15, 0.2) is 47.8 Å². The normalized spacial score (nSPS) is 10.6. The first-order valence-electron chi connectivity index (χ1n) is 9.35. The number of benzene rings is 2. The van der Waals surface area contributed by atoms with E-state index in [1.165, 1.54) is 18.4 Å². The van der Waals surface area contributed by atoms with Gasteiger partial charge in [-0.05, 0) is 39.0 Å². The molecule has 0 spiro atoms. The Hall–Kier alpha value is -3.39. The number of methoxy groups -OCH3 is 1. The Balaban J connectivity index is 1.63. The van der Waals surface area contributed by atoms with E-state index in [1.54, 1.807) is 23.6 Å². The van der Waals surface area contributed by atoms with Gasteiger partial charge in [-0.3, -0.25) is 20.4 Å². The van der Waals surface area contributed by atoms with Crippen molar-refractivity contribution in [2.45, 2.75) is 26.9 Å². The van der Waals surface area contributed by atoms with Crippen molar-refractivity contribution in [3.05, 3.63) is 64.7 Å². The Morgan fingerprint density at radius 2 is 1.70 bits per heavy atom. The minimum absolute atomic E-state index is 0.0271. The summed E-state index contributed by atoms with van der Waals surface area (Å²) < 4.78 is 10.9. The van der Waals surface area contributed by atoms with Gasteiger partial charge >= 0.3 is 0 Å². The van der Waals surface area contributed by atoms with Crippen LogP contribution in [0.5, 0.6) is 11.5 Å². The van der Waals surface area contributed by atoms with Crippen LogP contribution < -0.4 is 20.3 Å². The van der Waals surface area contributed by atoms with Crippen LogP contribution in [0.1, 0.15) is 40.3 Å². The fourth-order valence-corrected chi connectivity index (χ4v) is 3.42. The van der Waals surface area contributed by atoms with Crippen LogP contribution in [0, 0.1) is 6.92 Å². The molecule has 0 aliphatic rings. The van der Waals surface area contributed by atoms with E-state index < -0.39 is 11.8 Å². The van der Waals surface area contributed by atoms with Crippen molar-refractivity contribution in [1.29, 1.82) is 0 Å². The highest BCUT2D eigenvalue weighted by Gasteiger charge is 2.15. The first-order valence-corrected chi connectivity index (χ1v) is 10.2. The summed E-state index contributed by atoms with van der Waals surface area (Å²) in [4.78, 5) is 29.1. The highest BCUT2D eigenvalue weighted by molar-refractivity contribution is 7.13. The standard InChI is InChI=1S/C22H23N3O4S/c1-13(2)29-18-10-9-16(11-19(18)28-4)20(26)24-25-21(27)17-12-30-22(23-17)15-7-5-14(3)6-8-15/h5-13H,1-4H3,(H,24,26)(H,25,27). The van der Waals surface area contributed by atoms with E-state index in [0.29, 0.717) is 17.1 Å². The second-order valence-corrected chi connectivity index (χ2v) is 7.70. The zero-order valence-corrected chi connectivity index (χ0v) is 18.0. The summed E-state index contributed by atoms with van der Waals surface area (Å²) in [6, 6.07) is 12.7. The largest absolute Gasteiger partial charge is 0.493 e. The highest BCUT2D eigenvalue weighted by atomic mass is 32.1. The molecular weight excluding hydrogens is 402 g/mol. The Kier molecular flexibility index (Phi) is 6.68. The van der Waals surface area contributed by atoms with E-state index in [2.05, 4.69) is 15.8 Å². The third-order valence-corrected chi connectivity index (χ3v) is 5.00. The molecule has 3 aromatic rings. The van der Waals surface area contributed by atoms with Crippen LogP contribution in [-0.4, -0.2) is 30.0 Å². The molecule has 0 saturated heterocycles. The van der Waals surface area contributed by atoms with Gasteiger partial charge < -0.3 is 9.47 Å². The molecule has 0 fully saturated rings. The van der Waals surface area contributed by atoms with Gasteiger partial charge in [0.15, 0.2) is 11.5 Å². The predicted octanol–water partition coefficient (Wildman–Crippen LogP) is 3.99. The van der Waals surface area contributed by atoms with Crippen molar-refractivity contribution < 1.29 is 19.1 Å². The van der Waals surface area contributed by atoms with Gasteiger partial charge in [-0.25, -0.2) is 4.98 Å². The molecule has 2 amide bonds. The first-order chi connectivity index (χ1) is 14.4. The van der Waals surface area contributed by atoms with Gasteiger partial charge in [0.25, 0.3) is 11.8 Å². The number of rotatable bonds is 6. The van der Waals surface area contributed by atoms with Gasteiger partial charge in [0.05, 0.1) is 13.2 Å². The van der Waals surface area contributed by atoms with E-state index in [4.69, 9.17) is 9.47 Å². The molecule has 156 valence electrons. The van der Waals surface area contributed by atoms with Gasteiger partial charge in [0.1, 0.15) is 10.7 Å². The molecule has 30 heavy (non-hydrogen) atoms. The van der Waals surface area contributed by atoms with E-state index in [0.717, 1.165) is 16.1 Å². The Morgan fingerprint density at radius 3 is 2.37 bits per heavy atom. The molecule has 0 saturated carbocycles. The highest BCUT2D eigenvalue weighted by Crippen LogP contribution is 2.29. The SMILES string of the molecule is COc1cc(C(=O)NNC(=O)c2csc(-c3ccc(C)cc3)n2)ccc1OC(C)C. The van der Waals surface area contributed by atoms with Crippen molar-refractivity contribution >= 4 is 23.2 Å². The van der Waals surface area contributed by atoms with Crippen molar-refractivity contribution in [1.82, 2.24) is 15.8 Å². The minimum atomic E-state index is -0.496. The number of nitrogens with one attached hydrogen (secondary N) is 2. The number of hydrazine groups is 1. The second kappa shape index (κ2) is 9.41. The molecule has 2 aromatic carbocycles. The van der Waals surface area contributed by atoms with E-state index in [1.807, 2.05) is 45.0 Å². The molecule has 1 aromatic heterocycles. The summed E-state index contributed by atoms with van der Waals surface area (Å²) >= 11 is 1.36. The third-order valence-electron chi connectivity index (χ3n) is 4.11. The summed E-state index contributed by atoms with van der Waals surface area (Å²) in [5.41, 5.74) is 7.42. The topological polar surface area (TPSA) is 89.6 Å². The molecule has 0 unspecified atom stereocenters. The lowest BCUT2D eigenvalue weighted by atomic mass is 10.2. The molecule has 0 aliphatic heterocycles. The third kappa shape index (κ3) is 5.15. The van der Waals surface area contributed by atoms with Crippen molar-refractivity contribution in [3.8, 4) is 22.1 Å². The molecule has 7 nitrogen and oxygen atoms in total. The molecule has 0 bridgehead atoms. The van der Waals surface area contributed by atoms with Crippen LogP contribution in [0.2, 0.25) is 0 Å². The Bertz CT molecular complexity index is 1040. The number of hydrogen-bond acceptors (Lipinski definition) is 6. The van der Waals surface area contributed by atoms with Crippen LogP contribution in [0.4, 0.5) is 0 Å². The number of aryl methyl sites for hydroxylation is 1. The lowest BCUT2D eigenvalue weighted by molar-refractivity contribution is 0.0844. The summed E-state index contributed by atoms with van der Waals surface area (Å²) in [6.45, 7) is 5.81. The van der Waals surface area contributed by atoms with E-state index in [9.17, 15) is 9.59 Å². The Morgan fingerprint density at radius 1 is 1.00 bits per heavy atom. The molecule has 0 radical (unpaired) electrons. The minimum Gasteiger partial charge on any atom is -0.493 e. The average molecular weight is 426 g/mol. The zero-order valence-electron chi connectivity index (χ0n) is 17.2. The maximum absolute atomic E-state index is 12.4. The zero-order chi connectivity index (χ0) is 21.7. The quantitative estimate of drug-likeness (QED) is 0.583. The van der Waals surface area contributed by atoms with Crippen LogP contribution in [0.3, 0.4) is 0 Å². The molecule has 3 rings (SSSR count). The number of carbonyl (C=O) groups is 2. The van der Waals surface area contributed by atoms with Crippen molar-refractivity contribution in [2.75, 3.05) is 7.11 Å². The summed E-state index contributed by atoms with van der Waals surface area (Å²) in [5.74, 6) is 0.000494. The average Bonchev–Trinajstić information content (AvgIpc) is 3.22. The van der Waals surface area contributed by atoms with E-state index in [-0.39, 0.29) is 11.8 Å². The summed E-state index contributed by atoms with van der Waals surface area (Å²) in [7, 11) is 1.50. The fraction of sp³-hybridized carbons (Fsp3) is 0.227. The van der Waals surface area contributed by atoms with Crippen LogP contribution in [-0.2, 0) is 0 Å². The second-order valence-electron chi connectivity index (χ2n) is 6.84. The molecule has 1 heterocycles. The van der Waals surface area contributed by atoms with Crippen molar-refractivity contribution in [2.24, 2.45) is 0 Å².